The van der Waals surface area contributed by atoms with E-state index in [0.29, 0.717) is 16.6 Å². The van der Waals surface area contributed by atoms with Crippen molar-refractivity contribution in [3.05, 3.63) is 48.0 Å². The molecular weight excluding hydrogens is 338 g/mol. The van der Waals surface area contributed by atoms with Crippen LogP contribution in [0.4, 0.5) is 10.8 Å². The minimum Gasteiger partial charge on any atom is -0.482 e. The first-order chi connectivity index (χ1) is 12.1. The standard InChI is InChI=1S/C18H15N3O3S/c1-11-6-7-14-13(8-11)21(17(23)10-24-14)9-16(22)20-18-19-12-4-2-3-5-15(12)25-18/h2-8H,9-10H2,1H3,(H,19,20,22). The van der Waals surface area contributed by atoms with Gasteiger partial charge in [-0.25, -0.2) is 4.98 Å². The number of para-hydroxylation sites is 1. The molecule has 0 bridgehead atoms. The summed E-state index contributed by atoms with van der Waals surface area (Å²) >= 11 is 1.41. The molecule has 25 heavy (non-hydrogen) atoms. The van der Waals surface area contributed by atoms with Crippen LogP contribution in [0.5, 0.6) is 5.75 Å². The van der Waals surface area contributed by atoms with E-state index in [-0.39, 0.29) is 25.0 Å². The van der Waals surface area contributed by atoms with Gasteiger partial charge in [-0.15, -0.1) is 0 Å². The second-order valence-corrected chi connectivity index (χ2v) is 6.81. The predicted molar refractivity (Wildman–Crippen MR) is 97.3 cm³/mol. The largest absolute Gasteiger partial charge is 0.482 e. The number of aromatic nitrogens is 1. The molecule has 6 nitrogen and oxygen atoms in total. The quantitative estimate of drug-likeness (QED) is 0.786. The van der Waals surface area contributed by atoms with E-state index < -0.39 is 0 Å². The smallest absolute Gasteiger partial charge is 0.265 e. The molecular formula is C18H15N3O3S. The summed E-state index contributed by atoms with van der Waals surface area (Å²) in [6, 6.07) is 13.2. The molecule has 0 spiro atoms. The summed E-state index contributed by atoms with van der Waals surface area (Å²) in [6.45, 7) is 1.79. The molecule has 0 atom stereocenters. The first kappa shape index (κ1) is 15.6. The van der Waals surface area contributed by atoms with Gasteiger partial charge in [0.2, 0.25) is 5.91 Å². The van der Waals surface area contributed by atoms with Gasteiger partial charge in [0.25, 0.3) is 5.91 Å². The Morgan fingerprint density at radius 1 is 1.32 bits per heavy atom. The lowest BCUT2D eigenvalue weighted by atomic mass is 10.1. The van der Waals surface area contributed by atoms with Gasteiger partial charge in [0.1, 0.15) is 12.3 Å². The summed E-state index contributed by atoms with van der Waals surface area (Å²) in [5, 5.41) is 3.30. The Labute approximate surface area is 148 Å². The molecule has 2 amide bonds. The molecule has 0 saturated carbocycles. The molecule has 1 aliphatic rings. The second-order valence-electron chi connectivity index (χ2n) is 5.77. The third-order valence-corrected chi connectivity index (χ3v) is 4.85. The number of carbonyl (C=O) groups is 2. The molecule has 0 unspecified atom stereocenters. The Bertz CT molecular complexity index is 950. The van der Waals surface area contributed by atoms with Crippen molar-refractivity contribution in [1.82, 2.24) is 4.98 Å². The number of thiazole rings is 1. The highest BCUT2D eigenvalue weighted by molar-refractivity contribution is 7.22. The fraction of sp³-hybridized carbons (Fsp3) is 0.167. The van der Waals surface area contributed by atoms with Gasteiger partial charge in [0.15, 0.2) is 11.7 Å². The van der Waals surface area contributed by atoms with Gasteiger partial charge in [0.05, 0.1) is 15.9 Å². The average Bonchev–Trinajstić information content (AvgIpc) is 2.99. The fourth-order valence-electron chi connectivity index (χ4n) is 2.71. The van der Waals surface area contributed by atoms with Crippen LogP contribution >= 0.6 is 11.3 Å². The number of rotatable bonds is 3. The Balaban J connectivity index is 1.54. The summed E-state index contributed by atoms with van der Waals surface area (Å²) in [5.41, 5.74) is 2.45. The zero-order chi connectivity index (χ0) is 17.4. The van der Waals surface area contributed by atoms with Crippen LogP contribution in [-0.4, -0.2) is 29.9 Å². The maximum Gasteiger partial charge on any atom is 0.265 e. The lowest BCUT2D eigenvalue weighted by Gasteiger charge is -2.29. The van der Waals surface area contributed by atoms with Crippen molar-refractivity contribution in [2.24, 2.45) is 0 Å². The first-order valence-corrected chi connectivity index (χ1v) is 8.61. The molecule has 1 aromatic heterocycles. The number of nitrogens with zero attached hydrogens (tertiary/aromatic N) is 2. The molecule has 0 saturated heterocycles. The number of nitrogens with one attached hydrogen (secondary N) is 1. The Morgan fingerprint density at radius 2 is 2.16 bits per heavy atom. The molecule has 1 aliphatic heterocycles. The van der Waals surface area contributed by atoms with E-state index in [4.69, 9.17) is 4.74 Å². The third kappa shape index (κ3) is 3.06. The van der Waals surface area contributed by atoms with Crippen molar-refractivity contribution in [1.29, 1.82) is 0 Å². The normalized spacial score (nSPS) is 13.5. The van der Waals surface area contributed by atoms with Gasteiger partial charge in [-0.2, -0.15) is 0 Å². The zero-order valence-electron chi connectivity index (χ0n) is 13.5. The highest BCUT2D eigenvalue weighted by Gasteiger charge is 2.27. The topological polar surface area (TPSA) is 71.5 Å². The van der Waals surface area contributed by atoms with Gasteiger partial charge >= 0.3 is 0 Å². The molecule has 126 valence electrons. The van der Waals surface area contributed by atoms with E-state index >= 15 is 0 Å². The van der Waals surface area contributed by atoms with E-state index in [2.05, 4.69) is 10.3 Å². The maximum absolute atomic E-state index is 12.4. The number of anilines is 2. The van der Waals surface area contributed by atoms with Crippen molar-refractivity contribution in [3.63, 3.8) is 0 Å². The first-order valence-electron chi connectivity index (χ1n) is 7.79. The van der Waals surface area contributed by atoms with Gasteiger partial charge in [-0.1, -0.05) is 29.5 Å². The molecule has 4 rings (SSSR count). The second kappa shape index (κ2) is 6.18. The molecule has 0 fully saturated rings. The molecule has 3 aromatic rings. The average molecular weight is 353 g/mol. The highest BCUT2D eigenvalue weighted by Crippen LogP contribution is 2.33. The van der Waals surface area contributed by atoms with E-state index in [1.54, 1.807) is 0 Å². The van der Waals surface area contributed by atoms with Crippen molar-refractivity contribution in [3.8, 4) is 5.75 Å². The summed E-state index contributed by atoms with van der Waals surface area (Å²) in [7, 11) is 0. The van der Waals surface area contributed by atoms with E-state index in [0.717, 1.165) is 15.8 Å². The van der Waals surface area contributed by atoms with Crippen LogP contribution in [0.3, 0.4) is 0 Å². The van der Waals surface area contributed by atoms with Crippen LogP contribution in [0.15, 0.2) is 42.5 Å². The molecule has 1 N–H and O–H groups in total. The van der Waals surface area contributed by atoms with Gasteiger partial charge in [0, 0.05) is 0 Å². The minimum atomic E-state index is -0.290. The van der Waals surface area contributed by atoms with Gasteiger partial charge < -0.3 is 10.1 Å². The Hall–Kier alpha value is -2.93. The summed E-state index contributed by atoms with van der Waals surface area (Å²) in [5.74, 6) is 0.0808. The zero-order valence-corrected chi connectivity index (χ0v) is 14.3. The number of hydrogen-bond donors (Lipinski definition) is 1. The number of fused-ring (bicyclic) bond motifs is 2. The number of hydrogen-bond acceptors (Lipinski definition) is 5. The van der Waals surface area contributed by atoms with Crippen LogP contribution in [-0.2, 0) is 9.59 Å². The van der Waals surface area contributed by atoms with Gasteiger partial charge in [-0.3, -0.25) is 14.5 Å². The minimum absolute atomic E-state index is 0.0650. The third-order valence-electron chi connectivity index (χ3n) is 3.90. The number of benzene rings is 2. The molecule has 2 aromatic carbocycles. The monoisotopic (exact) mass is 353 g/mol. The lowest BCUT2D eigenvalue weighted by Crippen LogP contribution is -2.43. The van der Waals surface area contributed by atoms with E-state index in [1.807, 2.05) is 49.4 Å². The molecule has 7 heteroatoms. The van der Waals surface area contributed by atoms with Crippen molar-refractivity contribution in [2.45, 2.75) is 6.92 Å². The molecule has 0 aliphatic carbocycles. The van der Waals surface area contributed by atoms with E-state index in [1.165, 1.54) is 16.2 Å². The molecule has 0 radical (unpaired) electrons. The van der Waals surface area contributed by atoms with Crippen molar-refractivity contribution in [2.75, 3.05) is 23.4 Å². The maximum atomic E-state index is 12.4. The Kier molecular flexibility index (Phi) is 3.85. The summed E-state index contributed by atoms with van der Waals surface area (Å²) in [6.07, 6.45) is 0. The SMILES string of the molecule is Cc1ccc2c(c1)N(CC(=O)Nc1nc3ccccc3s1)C(=O)CO2. The number of amides is 2. The number of carbonyl (C=O) groups excluding carboxylic acids is 2. The summed E-state index contributed by atoms with van der Waals surface area (Å²) in [4.78, 5) is 30.5. The van der Waals surface area contributed by atoms with Crippen LogP contribution in [0, 0.1) is 6.92 Å². The van der Waals surface area contributed by atoms with Crippen LogP contribution in [0.1, 0.15) is 5.56 Å². The molecule has 2 heterocycles. The fourth-order valence-corrected chi connectivity index (χ4v) is 3.60. The lowest BCUT2D eigenvalue weighted by molar-refractivity contribution is -0.123. The summed E-state index contributed by atoms with van der Waals surface area (Å²) < 4.78 is 6.43. The van der Waals surface area contributed by atoms with Gasteiger partial charge in [-0.05, 0) is 36.8 Å². The van der Waals surface area contributed by atoms with Crippen LogP contribution in [0.25, 0.3) is 10.2 Å². The van der Waals surface area contributed by atoms with Crippen LogP contribution < -0.4 is 15.0 Å². The van der Waals surface area contributed by atoms with Crippen molar-refractivity contribution < 1.29 is 14.3 Å². The predicted octanol–water partition coefficient (Wildman–Crippen LogP) is 2.97. The van der Waals surface area contributed by atoms with Crippen molar-refractivity contribution >= 4 is 44.2 Å². The van der Waals surface area contributed by atoms with E-state index in [9.17, 15) is 9.59 Å². The number of ether oxygens (including phenoxy) is 1. The highest BCUT2D eigenvalue weighted by atomic mass is 32.1. The van der Waals surface area contributed by atoms with Crippen LogP contribution in [0.2, 0.25) is 0 Å². The Morgan fingerprint density at radius 3 is 3.00 bits per heavy atom. The number of aryl methyl sites for hydroxylation is 1.